The lowest BCUT2D eigenvalue weighted by Crippen LogP contribution is -2.56. The van der Waals surface area contributed by atoms with E-state index in [-0.39, 0.29) is 17.8 Å². The smallest absolute Gasteiger partial charge is 0.303 e. The molecule has 1 N–H and O–H groups in total. The molecule has 2 nitrogen and oxygen atoms in total. The van der Waals surface area contributed by atoms with Gasteiger partial charge in [-0.3, -0.25) is 4.79 Å². The molecule has 0 bridgehead atoms. The van der Waals surface area contributed by atoms with E-state index in [0.29, 0.717) is 29.1 Å². The van der Waals surface area contributed by atoms with Crippen LogP contribution < -0.4 is 0 Å². The van der Waals surface area contributed by atoms with Crippen molar-refractivity contribution in [3.8, 4) is 0 Å². The molecule has 0 heterocycles. The normalized spacial score (nSPS) is 50.6. The zero-order valence-corrected chi connectivity index (χ0v) is 16.7. The van der Waals surface area contributed by atoms with Gasteiger partial charge in [-0.1, -0.05) is 26.7 Å². The maximum absolute atomic E-state index is 15.5. The molecular formula is C23H37FO2. The topological polar surface area (TPSA) is 37.3 Å². The standard InChI is InChI=1S/C23H37FO2/c1-22-12-4-3-6-16(22)14-19(24)21-17-10-9-15(7-5-8-20(25)26)23(17,2)13-11-18(21)22/h15-19,21H,3-14H2,1-2H3,(H,25,26). The Hall–Kier alpha value is -0.600. The van der Waals surface area contributed by atoms with Crippen LogP contribution in [0.3, 0.4) is 0 Å². The van der Waals surface area contributed by atoms with Gasteiger partial charge >= 0.3 is 5.97 Å². The van der Waals surface area contributed by atoms with Crippen molar-refractivity contribution in [1.82, 2.24) is 0 Å². The summed E-state index contributed by atoms with van der Waals surface area (Å²) in [5, 5.41) is 8.96. The molecule has 0 spiro atoms. The van der Waals surface area contributed by atoms with Gasteiger partial charge < -0.3 is 5.11 Å². The minimum absolute atomic E-state index is 0.252. The van der Waals surface area contributed by atoms with Crippen molar-refractivity contribution < 1.29 is 14.3 Å². The van der Waals surface area contributed by atoms with Gasteiger partial charge in [0.1, 0.15) is 6.17 Å². The van der Waals surface area contributed by atoms with Crippen LogP contribution in [0.15, 0.2) is 0 Å². The number of alkyl halides is 1. The van der Waals surface area contributed by atoms with Gasteiger partial charge in [-0.25, -0.2) is 4.39 Å². The first-order chi connectivity index (χ1) is 12.4. The maximum Gasteiger partial charge on any atom is 0.303 e. The fraction of sp³-hybridized carbons (Fsp3) is 0.957. The average molecular weight is 365 g/mol. The summed E-state index contributed by atoms with van der Waals surface area (Å²) in [7, 11) is 0. The highest BCUT2D eigenvalue weighted by molar-refractivity contribution is 5.66. The fourth-order valence-electron chi connectivity index (χ4n) is 8.29. The zero-order valence-electron chi connectivity index (χ0n) is 16.7. The van der Waals surface area contributed by atoms with Crippen LogP contribution in [-0.4, -0.2) is 17.2 Å². The van der Waals surface area contributed by atoms with Crippen LogP contribution in [0.2, 0.25) is 0 Å². The van der Waals surface area contributed by atoms with Gasteiger partial charge in [-0.15, -0.1) is 0 Å². The lowest BCUT2D eigenvalue weighted by molar-refractivity contribution is -0.144. The Morgan fingerprint density at radius 3 is 2.58 bits per heavy atom. The van der Waals surface area contributed by atoms with Crippen molar-refractivity contribution in [2.24, 2.45) is 40.4 Å². The third-order valence-corrected chi connectivity index (χ3v) is 9.70. The molecule has 0 aromatic heterocycles. The molecule has 0 saturated heterocycles. The Labute approximate surface area is 158 Å². The third-order valence-electron chi connectivity index (χ3n) is 9.70. The molecule has 0 radical (unpaired) electrons. The summed E-state index contributed by atoms with van der Waals surface area (Å²) in [4.78, 5) is 10.9. The van der Waals surface area contributed by atoms with Crippen molar-refractivity contribution in [2.75, 3.05) is 0 Å². The molecule has 148 valence electrons. The molecule has 8 atom stereocenters. The molecule has 3 heteroatoms. The van der Waals surface area contributed by atoms with Crippen molar-refractivity contribution in [2.45, 2.75) is 97.1 Å². The molecule has 4 saturated carbocycles. The molecule has 4 rings (SSSR count). The monoisotopic (exact) mass is 364 g/mol. The number of hydrogen-bond acceptors (Lipinski definition) is 1. The van der Waals surface area contributed by atoms with E-state index < -0.39 is 12.1 Å². The van der Waals surface area contributed by atoms with Crippen LogP contribution in [-0.2, 0) is 4.79 Å². The van der Waals surface area contributed by atoms with Gasteiger partial charge in [0.2, 0.25) is 0 Å². The first kappa shape index (κ1) is 18.7. The number of fused-ring (bicyclic) bond motifs is 5. The predicted molar refractivity (Wildman–Crippen MR) is 102 cm³/mol. The van der Waals surface area contributed by atoms with Crippen molar-refractivity contribution in [3.63, 3.8) is 0 Å². The molecule has 0 aromatic rings. The van der Waals surface area contributed by atoms with Gasteiger partial charge in [0.15, 0.2) is 0 Å². The summed E-state index contributed by atoms with van der Waals surface area (Å²) in [5.74, 6) is 1.94. The lowest BCUT2D eigenvalue weighted by atomic mass is 9.44. The van der Waals surface area contributed by atoms with E-state index in [1.54, 1.807) is 0 Å². The Balaban J connectivity index is 1.53. The third kappa shape index (κ3) is 2.83. The quantitative estimate of drug-likeness (QED) is 0.641. The number of aliphatic carboxylic acids is 1. The van der Waals surface area contributed by atoms with Crippen molar-refractivity contribution >= 4 is 5.97 Å². The molecule has 8 unspecified atom stereocenters. The minimum Gasteiger partial charge on any atom is -0.481 e. The SMILES string of the molecule is CC12CCC3C(C(F)CC4CCCCC43C)C1CCC2CCCC(=O)O. The van der Waals surface area contributed by atoms with Gasteiger partial charge in [-0.2, -0.15) is 0 Å². The Morgan fingerprint density at radius 2 is 1.81 bits per heavy atom. The average Bonchev–Trinajstić information content (AvgIpc) is 2.92. The van der Waals surface area contributed by atoms with Gasteiger partial charge in [0, 0.05) is 6.42 Å². The van der Waals surface area contributed by atoms with E-state index in [1.165, 1.54) is 51.4 Å². The zero-order chi connectivity index (χ0) is 18.5. The highest BCUT2D eigenvalue weighted by Gasteiger charge is 2.62. The first-order valence-electron chi connectivity index (χ1n) is 11.2. The summed E-state index contributed by atoms with van der Waals surface area (Å²) in [6, 6.07) is 0. The molecule has 26 heavy (non-hydrogen) atoms. The summed E-state index contributed by atoms with van der Waals surface area (Å²) in [6.45, 7) is 4.93. The predicted octanol–water partition coefficient (Wildman–Crippen LogP) is 6.24. The first-order valence-corrected chi connectivity index (χ1v) is 11.2. The summed E-state index contributed by atoms with van der Waals surface area (Å²) in [5.41, 5.74) is 0.635. The van der Waals surface area contributed by atoms with E-state index in [4.69, 9.17) is 5.11 Å². The van der Waals surface area contributed by atoms with Crippen LogP contribution in [0.25, 0.3) is 0 Å². The van der Waals surface area contributed by atoms with Crippen LogP contribution in [0.4, 0.5) is 4.39 Å². The van der Waals surface area contributed by atoms with Crippen molar-refractivity contribution in [1.29, 1.82) is 0 Å². The molecular weight excluding hydrogens is 327 g/mol. The van der Waals surface area contributed by atoms with Crippen LogP contribution in [0, 0.1) is 40.4 Å². The van der Waals surface area contributed by atoms with Gasteiger partial charge in [0.05, 0.1) is 0 Å². The number of carboxylic acid groups (broad SMARTS) is 1. The van der Waals surface area contributed by atoms with Crippen molar-refractivity contribution in [3.05, 3.63) is 0 Å². The number of hydrogen-bond donors (Lipinski definition) is 1. The van der Waals surface area contributed by atoms with Crippen LogP contribution in [0.1, 0.15) is 90.9 Å². The minimum atomic E-state index is -0.680. The Kier molecular flexibility index (Phi) is 4.89. The van der Waals surface area contributed by atoms with E-state index in [2.05, 4.69) is 13.8 Å². The molecule has 4 aliphatic rings. The molecule has 0 aromatic carbocycles. The van der Waals surface area contributed by atoms with E-state index in [1.807, 2.05) is 0 Å². The Bertz CT molecular complexity index is 548. The highest BCUT2D eigenvalue weighted by atomic mass is 19.1. The number of carbonyl (C=O) groups is 1. The maximum atomic E-state index is 15.5. The van der Waals surface area contributed by atoms with E-state index in [9.17, 15) is 4.79 Å². The number of rotatable bonds is 4. The van der Waals surface area contributed by atoms with Crippen LogP contribution in [0.5, 0.6) is 0 Å². The number of carboxylic acids is 1. The summed E-state index contributed by atoms with van der Waals surface area (Å²) >= 11 is 0. The van der Waals surface area contributed by atoms with Gasteiger partial charge in [-0.05, 0) is 98.2 Å². The lowest BCUT2D eigenvalue weighted by Gasteiger charge is -2.61. The largest absolute Gasteiger partial charge is 0.481 e. The van der Waals surface area contributed by atoms with Crippen LogP contribution >= 0.6 is 0 Å². The molecule has 0 amide bonds. The second kappa shape index (κ2) is 6.78. The summed E-state index contributed by atoms with van der Waals surface area (Å²) in [6.07, 6.45) is 12.3. The molecule has 4 fully saturated rings. The second-order valence-electron chi connectivity index (χ2n) is 10.6. The van der Waals surface area contributed by atoms with E-state index in [0.717, 1.165) is 19.3 Å². The second-order valence-corrected chi connectivity index (χ2v) is 10.6. The number of halogens is 1. The highest BCUT2D eigenvalue weighted by Crippen LogP contribution is 2.68. The van der Waals surface area contributed by atoms with E-state index >= 15 is 4.39 Å². The fourth-order valence-corrected chi connectivity index (χ4v) is 8.29. The molecule has 0 aliphatic heterocycles. The van der Waals surface area contributed by atoms with Gasteiger partial charge in [0.25, 0.3) is 0 Å². The molecule has 4 aliphatic carbocycles. The Morgan fingerprint density at radius 1 is 1.04 bits per heavy atom. The summed E-state index contributed by atoms with van der Waals surface area (Å²) < 4.78 is 15.5.